The van der Waals surface area contributed by atoms with E-state index in [1.54, 1.807) is 0 Å². The highest BCUT2D eigenvalue weighted by atomic mass is 16.5. The summed E-state index contributed by atoms with van der Waals surface area (Å²) in [6, 6.07) is 10.0. The van der Waals surface area contributed by atoms with Crippen molar-refractivity contribution >= 4 is 5.97 Å². The fraction of sp³-hybridized carbons (Fsp3) is 0.400. The summed E-state index contributed by atoms with van der Waals surface area (Å²) in [7, 11) is 1.40. The lowest BCUT2D eigenvalue weighted by Gasteiger charge is -2.35. The Morgan fingerprint density at radius 2 is 2.14 bits per heavy atom. The van der Waals surface area contributed by atoms with Crippen LogP contribution in [0.3, 0.4) is 0 Å². The maximum Gasteiger partial charge on any atom is 0.319 e. The van der Waals surface area contributed by atoms with Gasteiger partial charge in [-0.3, -0.25) is 9.69 Å². The smallest absolute Gasteiger partial charge is 0.319 e. The van der Waals surface area contributed by atoms with Crippen LogP contribution in [0.15, 0.2) is 34.9 Å². The molecule has 0 aliphatic carbocycles. The Morgan fingerprint density at radius 1 is 1.38 bits per heavy atom. The fourth-order valence-electron chi connectivity index (χ4n) is 2.39. The predicted octanol–water partition coefficient (Wildman–Crippen LogP) is 1.23. The van der Waals surface area contributed by atoms with Gasteiger partial charge in [0.15, 0.2) is 5.82 Å². The number of ether oxygens (including phenoxy) is 1. The summed E-state index contributed by atoms with van der Waals surface area (Å²) in [5.74, 6) is 1.35. The van der Waals surface area contributed by atoms with Crippen LogP contribution in [0.4, 0.5) is 0 Å². The van der Waals surface area contributed by atoms with E-state index >= 15 is 0 Å². The van der Waals surface area contributed by atoms with Gasteiger partial charge in [0, 0.05) is 19.5 Å². The largest absolute Gasteiger partial charge is 0.468 e. The lowest BCUT2D eigenvalue weighted by atomic mass is 10.0. The van der Waals surface area contributed by atoms with Gasteiger partial charge in [0.1, 0.15) is 0 Å². The van der Waals surface area contributed by atoms with E-state index in [4.69, 9.17) is 4.52 Å². The molecule has 0 unspecified atom stereocenters. The molecule has 0 saturated carbocycles. The van der Waals surface area contributed by atoms with Crippen LogP contribution in [0.25, 0.3) is 0 Å². The van der Waals surface area contributed by atoms with Gasteiger partial charge in [-0.2, -0.15) is 4.98 Å². The molecule has 6 heteroatoms. The first-order valence-electron chi connectivity index (χ1n) is 6.90. The molecular weight excluding hydrogens is 270 g/mol. The van der Waals surface area contributed by atoms with Crippen LogP contribution in [-0.2, 0) is 16.0 Å². The predicted molar refractivity (Wildman–Crippen MR) is 74.7 cm³/mol. The third kappa shape index (κ3) is 3.28. The molecule has 0 radical (unpaired) electrons. The number of hydrogen-bond donors (Lipinski definition) is 0. The Balaban J connectivity index is 1.54. The molecule has 0 atom stereocenters. The normalized spacial score (nSPS) is 15.7. The number of nitrogens with zero attached hydrogens (tertiary/aromatic N) is 3. The molecule has 1 aromatic heterocycles. The molecule has 1 aliphatic rings. The summed E-state index contributed by atoms with van der Waals surface area (Å²) in [5.41, 5.74) is 1.16. The second kappa shape index (κ2) is 6.05. The number of benzene rings is 1. The molecule has 21 heavy (non-hydrogen) atoms. The van der Waals surface area contributed by atoms with Crippen molar-refractivity contribution in [2.75, 3.05) is 26.7 Å². The van der Waals surface area contributed by atoms with Crippen LogP contribution in [0.2, 0.25) is 0 Å². The molecule has 1 saturated heterocycles. The number of hydrogen-bond acceptors (Lipinski definition) is 6. The van der Waals surface area contributed by atoms with Crippen molar-refractivity contribution in [1.29, 1.82) is 0 Å². The van der Waals surface area contributed by atoms with Crippen LogP contribution >= 0.6 is 0 Å². The van der Waals surface area contributed by atoms with E-state index in [1.165, 1.54) is 7.11 Å². The van der Waals surface area contributed by atoms with E-state index < -0.39 is 0 Å². The van der Waals surface area contributed by atoms with Gasteiger partial charge in [0.05, 0.1) is 19.6 Å². The van der Waals surface area contributed by atoms with Crippen molar-refractivity contribution < 1.29 is 14.1 Å². The van der Waals surface area contributed by atoms with Gasteiger partial charge in [-0.05, 0) is 5.56 Å². The van der Waals surface area contributed by atoms with E-state index in [1.807, 2.05) is 35.2 Å². The molecule has 1 aliphatic heterocycles. The summed E-state index contributed by atoms with van der Waals surface area (Å²) >= 11 is 0. The van der Waals surface area contributed by atoms with Crippen LogP contribution in [0.5, 0.6) is 0 Å². The Morgan fingerprint density at radius 3 is 2.86 bits per heavy atom. The molecular formula is C15H17N3O3. The highest BCUT2D eigenvalue weighted by molar-refractivity contribution is 5.71. The van der Waals surface area contributed by atoms with Crippen molar-refractivity contribution in [2.45, 2.75) is 12.3 Å². The van der Waals surface area contributed by atoms with Crippen LogP contribution < -0.4 is 0 Å². The van der Waals surface area contributed by atoms with Crippen molar-refractivity contribution in [3.05, 3.63) is 47.6 Å². The third-order valence-electron chi connectivity index (χ3n) is 3.58. The molecule has 2 aromatic rings. The number of carbonyl (C=O) groups excluding carboxylic acids is 1. The molecule has 1 fully saturated rings. The zero-order valence-electron chi connectivity index (χ0n) is 11.9. The quantitative estimate of drug-likeness (QED) is 0.771. The van der Waals surface area contributed by atoms with Crippen molar-refractivity contribution in [1.82, 2.24) is 15.0 Å². The van der Waals surface area contributed by atoms with E-state index in [0.29, 0.717) is 24.7 Å². The molecule has 3 rings (SSSR count). The van der Waals surface area contributed by atoms with Crippen molar-refractivity contribution in [2.24, 2.45) is 0 Å². The maximum atomic E-state index is 11.2. The molecule has 0 N–H and O–H groups in total. The monoisotopic (exact) mass is 287 g/mol. The number of esters is 1. The summed E-state index contributed by atoms with van der Waals surface area (Å²) in [4.78, 5) is 17.6. The zero-order chi connectivity index (χ0) is 14.7. The van der Waals surface area contributed by atoms with Crippen molar-refractivity contribution in [3.8, 4) is 0 Å². The van der Waals surface area contributed by atoms with E-state index in [0.717, 1.165) is 18.7 Å². The minimum absolute atomic E-state index is 0.215. The van der Waals surface area contributed by atoms with Gasteiger partial charge < -0.3 is 9.26 Å². The topological polar surface area (TPSA) is 68.5 Å². The second-order valence-corrected chi connectivity index (χ2v) is 5.18. The minimum Gasteiger partial charge on any atom is -0.468 e. The minimum atomic E-state index is -0.219. The first kappa shape index (κ1) is 13.8. The molecule has 0 amide bonds. The van der Waals surface area contributed by atoms with Crippen LogP contribution in [0, 0.1) is 0 Å². The summed E-state index contributed by atoms with van der Waals surface area (Å²) in [6.45, 7) is 1.82. The average molecular weight is 287 g/mol. The number of methoxy groups -OCH3 is 1. The first-order valence-corrected chi connectivity index (χ1v) is 6.90. The van der Waals surface area contributed by atoms with Crippen molar-refractivity contribution in [3.63, 3.8) is 0 Å². The average Bonchev–Trinajstić information content (AvgIpc) is 2.91. The molecule has 2 heterocycles. The zero-order valence-corrected chi connectivity index (χ0v) is 11.9. The lowest BCUT2D eigenvalue weighted by Crippen LogP contribution is -2.47. The Kier molecular flexibility index (Phi) is 3.96. The number of rotatable bonds is 5. The molecule has 1 aromatic carbocycles. The molecule has 6 nitrogen and oxygen atoms in total. The van der Waals surface area contributed by atoms with E-state index in [2.05, 4.69) is 14.9 Å². The summed E-state index contributed by atoms with van der Waals surface area (Å²) in [5, 5.41) is 4.02. The van der Waals surface area contributed by atoms with Gasteiger partial charge in [-0.1, -0.05) is 35.5 Å². The summed E-state index contributed by atoms with van der Waals surface area (Å²) in [6.07, 6.45) is 0.670. The van der Waals surface area contributed by atoms with Gasteiger partial charge in [-0.15, -0.1) is 0 Å². The highest BCUT2D eigenvalue weighted by Crippen LogP contribution is 2.25. The first-order chi connectivity index (χ1) is 10.2. The highest BCUT2D eigenvalue weighted by Gasteiger charge is 2.33. The van der Waals surface area contributed by atoms with Gasteiger partial charge in [-0.25, -0.2) is 0 Å². The standard InChI is InChI=1S/C15H17N3O3/c1-20-14(19)10-18-8-12(9-18)15-16-13(17-21-15)7-11-5-3-2-4-6-11/h2-6,12H,7-10H2,1H3. The van der Waals surface area contributed by atoms with Gasteiger partial charge >= 0.3 is 5.97 Å². The number of aromatic nitrogens is 2. The Bertz CT molecular complexity index is 606. The fourth-order valence-corrected chi connectivity index (χ4v) is 2.39. The Labute approximate surface area is 122 Å². The van der Waals surface area contributed by atoms with Gasteiger partial charge in [0.2, 0.25) is 5.89 Å². The molecule has 0 spiro atoms. The lowest BCUT2D eigenvalue weighted by molar-refractivity contribution is -0.143. The maximum absolute atomic E-state index is 11.2. The van der Waals surface area contributed by atoms with Gasteiger partial charge in [0.25, 0.3) is 0 Å². The van der Waals surface area contributed by atoms with E-state index in [9.17, 15) is 4.79 Å². The summed E-state index contributed by atoms with van der Waals surface area (Å²) < 4.78 is 9.95. The Hall–Kier alpha value is -2.21. The number of likely N-dealkylation sites (tertiary alicyclic amines) is 1. The number of carbonyl (C=O) groups is 1. The third-order valence-corrected chi connectivity index (χ3v) is 3.58. The molecule has 0 bridgehead atoms. The van der Waals surface area contributed by atoms with Crippen LogP contribution in [-0.4, -0.2) is 47.8 Å². The second-order valence-electron chi connectivity index (χ2n) is 5.18. The SMILES string of the molecule is COC(=O)CN1CC(c2nc(Cc3ccccc3)no2)C1. The van der Waals surface area contributed by atoms with E-state index in [-0.39, 0.29) is 11.9 Å². The van der Waals surface area contributed by atoms with Crippen LogP contribution in [0.1, 0.15) is 23.2 Å². The molecule has 110 valence electrons.